The third-order valence-electron chi connectivity index (χ3n) is 4.29. The standard InChI is InChI=1S/C18H22N2O3/c1-22-15-10-9-14(12-15)19-18(21)20-17(16-8-5-11-23-16)13-6-3-2-4-7-13/h2-8,11,14-15,17H,9-10,12H2,1H3,(H2,19,20,21)/t14-,15+,17-/m0/s1. The molecule has 2 aromatic rings. The van der Waals surface area contributed by atoms with E-state index in [0.717, 1.165) is 24.8 Å². The van der Waals surface area contributed by atoms with Gasteiger partial charge in [0, 0.05) is 13.2 Å². The van der Waals surface area contributed by atoms with Gasteiger partial charge in [-0.3, -0.25) is 0 Å². The first-order chi connectivity index (χ1) is 11.3. The molecule has 1 heterocycles. The van der Waals surface area contributed by atoms with Crippen LogP contribution in [-0.2, 0) is 4.74 Å². The van der Waals surface area contributed by atoms with Gasteiger partial charge in [0.05, 0.1) is 12.4 Å². The lowest BCUT2D eigenvalue weighted by atomic mass is 10.0. The first kappa shape index (κ1) is 15.6. The number of rotatable bonds is 5. The van der Waals surface area contributed by atoms with Gasteiger partial charge in [-0.25, -0.2) is 4.79 Å². The average Bonchev–Trinajstić information content (AvgIpc) is 3.25. The second kappa shape index (κ2) is 7.33. The predicted molar refractivity (Wildman–Crippen MR) is 87.1 cm³/mol. The fourth-order valence-electron chi connectivity index (χ4n) is 3.06. The van der Waals surface area contributed by atoms with Gasteiger partial charge in [-0.05, 0) is 37.0 Å². The molecule has 1 aliphatic carbocycles. The van der Waals surface area contributed by atoms with Gasteiger partial charge in [-0.1, -0.05) is 30.3 Å². The maximum Gasteiger partial charge on any atom is 0.315 e. The number of ether oxygens (including phenoxy) is 1. The topological polar surface area (TPSA) is 63.5 Å². The Balaban J connectivity index is 1.66. The number of carbonyl (C=O) groups excluding carboxylic acids is 1. The number of benzene rings is 1. The molecule has 1 aliphatic rings. The van der Waals surface area contributed by atoms with Crippen molar-refractivity contribution in [2.24, 2.45) is 0 Å². The lowest BCUT2D eigenvalue weighted by Crippen LogP contribution is -2.43. The quantitative estimate of drug-likeness (QED) is 0.890. The Kier molecular flexibility index (Phi) is 4.98. The molecule has 2 amide bonds. The van der Waals surface area contributed by atoms with E-state index < -0.39 is 0 Å². The molecule has 5 heteroatoms. The Morgan fingerprint density at radius 2 is 2.04 bits per heavy atom. The number of nitrogens with one attached hydrogen (secondary N) is 2. The summed E-state index contributed by atoms with van der Waals surface area (Å²) in [7, 11) is 1.72. The highest BCUT2D eigenvalue weighted by Gasteiger charge is 2.27. The van der Waals surface area contributed by atoms with Crippen molar-refractivity contribution in [2.75, 3.05) is 7.11 Å². The van der Waals surface area contributed by atoms with Gasteiger partial charge < -0.3 is 19.8 Å². The van der Waals surface area contributed by atoms with Crippen molar-refractivity contribution < 1.29 is 13.9 Å². The monoisotopic (exact) mass is 314 g/mol. The number of urea groups is 1. The molecule has 122 valence electrons. The van der Waals surface area contributed by atoms with Crippen LogP contribution < -0.4 is 10.6 Å². The van der Waals surface area contributed by atoms with Gasteiger partial charge in [0.1, 0.15) is 11.8 Å². The minimum Gasteiger partial charge on any atom is -0.467 e. The second-order valence-electron chi connectivity index (χ2n) is 5.84. The molecule has 2 N–H and O–H groups in total. The minimum atomic E-state index is -0.300. The number of carbonyl (C=O) groups is 1. The summed E-state index contributed by atoms with van der Waals surface area (Å²) in [6.07, 6.45) is 4.66. The first-order valence-electron chi connectivity index (χ1n) is 7.94. The van der Waals surface area contributed by atoms with E-state index >= 15 is 0 Å². The summed E-state index contributed by atoms with van der Waals surface area (Å²) in [5.41, 5.74) is 0.985. The molecule has 0 bridgehead atoms. The van der Waals surface area contributed by atoms with E-state index in [1.165, 1.54) is 0 Å². The van der Waals surface area contributed by atoms with Crippen molar-refractivity contribution in [1.29, 1.82) is 0 Å². The summed E-state index contributed by atoms with van der Waals surface area (Å²) in [6, 6.07) is 13.2. The Hall–Kier alpha value is -2.27. The van der Waals surface area contributed by atoms with Crippen LogP contribution in [0, 0.1) is 0 Å². The molecule has 23 heavy (non-hydrogen) atoms. The number of hydrogen-bond acceptors (Lipinski definition) is 3. The van der Waals surface area contributed by atoms with Crippen LogP contribution in [0.4, 0.5) is 4.79 Å². The van der Waals surface area contributed by atoms with Gasteiger partial charge in [-0.15, -0.1) is 0 Å². The third-order valence-corrected chi connectivity index (χ3v) is 4.29. The van der Waals surface area contributed by atoms with Crippen LogP contribution in [0.3, 0.4) is 0 Å². The van der Waals surface area contributed by atoms with E-state index in [-0.39, 0.29) is 24.2 Å². The Bertz CT molecular complexity index is 612. The van der Waals surface area contributed by atoms with Crippen LogP contribution in [0.15, 0.2) is 53.1 Å². The maximum absolute atomic E-state index is 12.4. The van der Waals surface area contributed by atoms with Crippen molar-refractivity contribution >= 4 is 6.03 Å². The zero-order valence-corrected chi connectivity index (χ0v) is 13.2. The Labute approximate surface area is 136 Å². The Morgan fingerprint density at radius 3 is 2.70 bits per heavy atom. The molecule has 1 aromatic carbocycles. The summed E-state index contributed by atoms with van der Waals surface area (Å²) in [5, 5.41) is 6.04. The summed E-state index contributed by atoms with van der Waals surface area (Å²) in [5.74, 6) is 0.715. The summed E-state index contributed by atoms with van der Waals surface area (Å²) >= 11 is 0. The molecule has 0 radical (unpaired) electrons. The first-order valence-corrected chi connectivity index (χ1v) is 7.94. The van der Waals surface area contributed by atoms with Crippen molar-refractivity contribution in [3.63, 3.8) is 0 Å². The van der Waals surface area contributed by atoms with Crippen molar-refractivity contribution in [3.8, 4) is 0 Å². The SMILES string of the molecule is CO[C@@H]1CC[C@H](NC(=O)N[C@@H](c2ccccc2)c2ccco2)C1. The van der Waals surface area contributed by atoms with Gasteiger partial charge >= 0.3 is 6.03 Å². The molecule has 0 saturated heterocycles. The predicted octanol–water partition coefficient (Wildman–Crippen LogP) is 3.24. The van der Waals surface area contributed by atoms with Crippen LogP contribution in [0.5, 0.6) is 0 Å². The number of hydrogen-bond donors (Lipinski definition) is 2. The fourth-order valence-corrected chi connectivity index (χ4v) is 3.06. The molecule has 0 unspecified atom stereocenters. The highest BCUT2D eigenvalue weighted by atomic mass is 16.5. The van der Waals surface area contributed by atoms with E-state index in [1.54, 1.807) is 13.4 Å². The molecule has 1 aromatic heterocycles. The molecular weight excluding hydrogens is 292 g/mol. The van der Waals surface area contributed by atoms with Crippen LogP contribution in [0.2, 0.25) is 0 Å². The highest BCUT2D eigenvalue weighted by Crippen LogP contribution is 2.23. The van der Waals surface area contributed by atoms with Crippen LogP contribution in [0.1, 0.15) is 36.6 Å². The van der Waals surface area contributed by atoms with Crippen molar-refractivity contribution in [2.45, 2.75) is 37.5 Å². The molecule has 0 spiro atoms. The number of furan rings is 1. The van der Waals surface area contributed by atoms with E-state index in [1.807, 2.05) is 42.5 Å². The van der Waals surface area contributed by atoms with Crippen molar-refractivity contribution in [1.82, 2.24) is 10.6 Å². The van der Waals surface area contributed by atoms with Gasteiger partial charge in [0.2, 0.25) is 0 Å². The maximum atomic E-state index is 12.4. The normalized spacial score (nSPS) is 21.8. The molecule has 1 fully saturated rings. The number of methoxy groups -OCH3 is 1. The molecular formula is C18H22N2O3. The van der Waals surface area contributed by atoms with E-state index in [9.17, 15) is 4.79 Å². The van der Waals surface area contributed by atoms with Crippen LogP contribution in [0.25, 0.3) is 0 Å². The molecule has 3 atom stereocenters. The van der Waals surface area contributed by atoms with Crippen LogP contribution >= 0.6 is 0 Å². The third kappa shape index (κ3) is 3.93. The second-order valence-corrected chi connectivity index (χ2v) is 5.84. The largest absolute Gasteiger partial charge is 0.467 e. The summed E-state index contributed by atoms with van der Waals surface area (Å²) in [4.78, 5) is 12.4. The van der Waals surface area contributed by atoms with E-state index in [4.69, 9.17) is 9.15 Å². The lowest BCUT2D eigenvalue weighted by Gasteiger charge is -2.20. The molecule has 5 nitrogen and oxygen atoms in total. The van der Waals surface area contributed by atoms with E-state index in [2.05, 4.69) is 10.6 Å². The van der Waals surface area contributed by atoms with E-state index in [0.29, 0.717) is 5.76 Å². The van der Waals surface area contributed by atoms with Gasteiger partial charge in [0.25, 0.3) is 0 Å². The van der Waals surface area contributed by atoms with Crippen LogP contribution in [-0.4, -0.2) is 25.3 Å². The zero-order chi connectivity index (χ0) is 16.1. The summed E-state index contributed by atoms with van der Waals surface area (Å²) < 4.78 is 10.8. The van der Waals surface area contributed by atoms with Gasteiger partial charge in [0.15, 0.2) is 0 Å². The molecule has 3 rings (SSSR count). The lowest BCUT2D eigenvalue weighted by molar-refractivity contribution is 0.107. The highest BCUT2D eigenvalue weighted by molar-refractivity contribution is 5.75. The Morgan fingerprint density at radius 1 is 1.22 bits per heavy atom. The molecule has 1 saturated carbocycles. The fraction of sp³-hybridized carbons (Fsp3) is 0.389. The smallest absolute Gasteiger partial charge is 0.315 e. The average molecular weight is 314 g/mol. The number of amides is 2. The molecule has 0 aliphatic heterocycles. The van der Waals surface area contributed by atoms with Gasteiger partial charge in [-0.2, -0.15) is 0 Å². The summed E-state index contributed by atoms with van der Waals surface area (Å²) in [6.45, 7) is 0. The zero-order valence-electron chi connectivity index (χ0n) is 13.2. The minimum absolute atomic E-state index is 0.160. The van der Waals surface area contributed by atoms with Crippen molar-refractivity contribution in [3.05, 3.63) is 60.1 Å².